The SMILES string of the molecule is CC(NC(=O)C(C)(N)c1ccccc1)C1CCOCC1. The lowest BCUT2D eigenvalue weighted by molar-refractivity contribution is -0.127. The first-order valence-electron chi connectivity index (χ1n) is 7.25. The fraction of sp³-hybridized carbons (Fsp3) is 0.562. The molecule has 2 unspecified atom stereocenters. The topological polar surface area (TPSA) is 64.4 Å². The van der Waals surface area contributed by atoms with E-state index in [4.69, 9.17) is 10.5 Å². The summed E-state index contributed by atoms with van der Waals surface area (Å²) in [5, 5.41) is 3.07. The molecule has 0 aliphatic carbocycles. The molecule has 4 nitrogen and oxygen atoms in total. The molecule has 1 heterocycles. The highest BCUT2D eigenvalue weighted by Gasteiger charge is 2.32. The van der Waals surface area contributed by atoms with Crippen molar-refractivity contribution < 1.29 is 9.53 Å². The molecule has 4 heteroatoms. The summed E-state index contributed by atoms with van der Waals surface area (Å²) in [5.74, 6) is 0.349. The predicted octanol–water partition coefficient (Wildman–Crippen LogP) is 1.79. The second-order valence-electron chi connectivity index (χ2n) is 5.78. The Labute approximate surface area is 120 Å². The highest BCUT2D eigenvalue weighted by atomic mass is 16.5. The maximum atomic E-state index is 12.5. The van der Waals surface area contributed by atoms with Crippen molar-refractivity contribution in [2.45, 2.75) is 38.3 Å². The minimum atomic E-state index is -0.999. The molecular formula is C16H24N2O2. The van der Waals surface area contributed by atoms with Gasteiger partial charge in [0.25, 0.3) is 0 Å². The van der Waals surface area contributed by atoms with Crippen molar-refractivity contribution >= 4 is 5.91 Å². The molecule has 1 amide bonds. The summed E-state index contributed by atoms with van der Waals surface area (Å²) < 4.78 is 5.35. The number of nitrogens with one attached hydrogen (secondary N) is 1. The van der Waals surface area contributed by atoms with Crippen LogP contribution in [0, 0.1) is 5.92 Å². The fourth-order valence-corrected chi connectivity index (χ4v) is 2.61. The average molecular weight is 276 g/mol. The molecule has 1 aromatic rings. The van der Waals surface area contributed by atoms with Crippen LogP contribution in [0.4, 0.5) is 0 Å². The number of hydrogen-bond donors (Lipinski definition) is 2. The summed E-state index contributed by atoms with van der Waals surface area (Å²) in [6.07, 6.45) is 1.99. The molecule has 20 heavy (non-hydrogen) atoms. The van der Waals surface area contributed by atoms with Gasteiger partial charge in [0.15, 0.2) is 0 Å². The number of benzene rings is 1. The van der Waals surface area contributed by atoms with E-state index in [1.54, 1.807) is 6.92 Å². The van der Waals surface area contributed by atoms with Crippen LogP contribution in [0.3, 0.4) is 0 Å². The Bertz CT molecular complexity index is 439. The lowest BCUT2D eigenvalue weighted by Gasteiger charge is -2.32. The van der Waals surface area contributed by atoms with Crippen LogP contribution in [0.5, 0.6) is 0 Å². The minimum Gasteiger partial charge on any atom is -0.381 e. The second kappa shape index (κ2) is 6.37. The van der Waals surface area contributed by atoms with Gasteiger partial charge in [0.1, 0.15) is 5.54 Å². The molecule has 1 saturated heterocycles. The zero-order chi connectivity index (χ0) is 14.6. The van der Waals surface area contributed by atoms with Crippen LogP contribution in [0.2, 0.25) is 0 Å². The molecule has 2 rings (SSSR count). The van der Waals surface area contributed by atoms with Gasteiger partial charge in [-0.3, -0.25) is 4.79 Å². The lowest BCUT2D eigenvalue weighted by atomic mass is 9.89. The van der Waals surface area contributed by atoms with Gasteiger partial charge in [-0.2, -0.15) is 0 Å². The summed E-state index contributed by atoms with van der Waals surface area (Å²) >= 11 is 0. The molecule has 1 aliphatic heterocycles. The second-order valence-corrected chi connectivity index (χ2v) is 5.78. The zero-order valence-electron chi connectivity index (χ0n) is 12.3. The molecule has 0 saturated carbocycles. The molecule has 0 aromatic heterocycles. The molecule has 110 valence electrons. The van der Waals surface area contributed by atoms with Gasteiger partial charge in [-0.25, -0.2) is 0 Å². The summed E-state index contributed by atoms with van der Waals surface area (Å²) in [4.78, 5) is 12.5. The normalized spacial score (nSPS) is 20.9. The zero-order valence-corrected chi connectivity index (χ0v) is 12.3. The molecule has 0 radical (unpaired) electrons. The summed E-state index contributed by atoms with van der Waals surface area (Å²) in [7, 11) is 0. The van der Waals surface area contributed by atoms with E-state index >= 15 is 0 Å². The van der Waals surface area contributed by atoms with Crippen LogP contribution in [-0.2, 0) is 15.1 Å². The first kappa shape index (κ1) is 15.0. The van der Waals surface area contributed by atoms with Crippen LogP contribution in [0.1, 0.15) is 32.3 Å². The van der Waals surface area contributed by atoms with Gasteiger partial charge in [0.2, 0.25) is 5.91 Å². The molecule has 1 aromatic carbocycles. The monoisotopic (exact) mass is 276 g/mol. The summed E-state index contributed by atoms with van der Waals surface area (Å²) in [5.41, 5.74) is 6.05. The Morgan fingerprint density at radius 2 is 1.95 bits per heavy atom. The van der Waals surface area contributed by atoms with Gasteiger partial charge in [-0.05, 0) is 38.2 Å². The van der Waals surface area contributed by atoms with Crippen molar-refractivity contribution in [1.29, 1.82) is 0 Å². The number of ether oxygens (including phenoxy) is 1. The third-order valence-electron chi connectivity index (χ3n) is 4.18. The standard InChI is InChI=1S/C16H24N2O2/c1-12(13-8-10-20-11-9-13)18-15(19)16(2,17)14-6-4-3-5-7-14/h3-7,12-13H,8-11,17H2,1-2H3,(H,18,19). The van der Waals surface area contributed by atoms with Gasteiger partial charge in [0, 0.05) is 19.3 Å². The first-order chi connectivity index (χ1) is 9.51. The minimum absolute atomic E-state index is 0.123. The van der Waals surface area contributed by atoms with Crippen molar-refractivity contribution in [3.63, 3.8) is 0 Å². The Morgan fingerprint density at radius 1 is 1.35 bits per heavy atom. The van der Waals surface area contributed by atoms with E-state index in [1.165, 1.54) is 0 Å². The van der Waals surface area contributed by atoms with Crippen LogP contribution in [0.25, 0.3) is 0 Å². The average Bonchev–Trinajstić information content (AvgIpc) is 2.49. The number of rotatable bonds is 4. The largest absolute Gasteiger partial charge is 0.381 e. The lowest BCUT2D eigenvalue weighted by Crippen LogP contribution is -2.53. The molecule has 2 atom stereocenters. The van der Waals surface area contributed by atoms with Crippen LogP contribution >= 0.6 is 0 Å². The van der Waals surface area contributed by atoms with E-state index in [-0.39, 0.29) is 11.9 Å². The van der Waals surface area contributed by atoms with Gasteiger partial charge >= 0.3 is 0 Å². The van der Waals surface area contributed by atoms with E-state index in [9.17, 15) is 4.79 Å². The molecule has 0 bridgehead atoms. The Balaban J connectivity index is 2.00. The number of amides is 1. The van der Waals surface area contributed by atoms with E-state index in [0.29, 0.717) is 5.92 Å². The van der Waals surface area contributed by atoms with Crippen molar-refractivity contribution in [2.75, 3.05) is 13.2 Å². The van der Waals surface area contributed by atoms with Crippen LogP contribution < -0.4 is 11.1 Å². The van der Waals surface area contributed by atoms with E-state index in [1.807, 2.05) is 30.3 Å². The fourth-order valence-electron chi connectivity index (χ4n) is 2.61. The smallest absolute Gasteiger partial charge is 0.244 e. The molecule has 1 aliphatic rings. The van der Waals surface area contributed by atoms with E-state index in [0.717, 1.165) is 31.6 Å². The first-order valence-corrected chi connectivity index (χ1v) is 7.25. The van der Waals surface area contributed by atoms with E-state index in [2.05, 4.69) is 12.2 Å². The van der Waals surface area contributed by atoms with Crippen molar-refractivity contribution in [2.24, 2.45) is 11.7 Å². The third-order valence-corrected chi connectivity index (χ3v) is 4.18. The van der Waals surface area contributed by atoms with Gasteiger partial charge in [0.05, 0.1) is 0 Å². The number of carbonyl (C=O) groups is 1. The molecule has 0 spiro atoms. The Hall–Kier alpha value is -1.39. The van der Waals surface area contributed by atoms with Crippen molar-refractivity contribution in [3.8, 4) is 0 Å². The third kappa shape index (κ3) is 3.38. The van der Waals surface area contributed by atoms with Crippen molar-refractivity contribution in [3.05, 3.63) is 35.9 Å². The highest BCUT2D eigenvalue weighted by molar-refractivity contribution is 5.87. The maximum absolute atomic E-state index is 12.5. The summed E-state index contributed by atoms with van der Waals surface area (Å²) in [6, 6.07) is 9.61. The number of hydrogen-bond acceptors (Lipinski definition) is 3. The predicted molar refractivity (Wildman–Crippen MR) is 79.1 cm³/mol. The number of carbonyl (C=O) groups excluding carboxylic acids is 1. The Kier molecular flexibility index (Phi) is 4.78. The van der Waals surface area contributed by atoms with Crippen LogP contribution in [-0.4, -0.2) is 25.2 Å². The molecule has 3 N–H and O–H groups in total. The van der Waals surface area contributed by atoms with Gasteiger partial charge in [-0.1, -0.05) is 30.3 Å². The Morgan fingerprint density at radius 3 is 2.55 bits per heavy atom. The maximum Gasteiger partial charge on any atom is 0.244 e. The van der Waals surface area contributed by atoms with Gasteiger partial charge < -0.3 is 15.8 Å². The van der Waals surface area contributed by atoms with Crippen molar-refractivity contribution in [1.82, 2.24) is 5.32 Å². The van der Waals surface area contributed by atoms with Gasteiger partial charge in [-0.15, -0.1) is 0 Å². The van der Waals surface area contributed by atoms with Crippen LogP contribution in [0.15, 0.2) is 30.3 Å². The summed E-state index contributed by atoms with van der Waals surface area (Å²) in [6.45, 7) is 5.37. The quantitative estimate of drug-likeness (QED) is 0.881. The van der Waals surface area contributed by atoms with E-state index < -0.39 is 5.54 Å². The molecular weight excluding hydrogens is 252 g/mol. The highest BCUT2D eigenvalue weighted by Crippen LogP contribution is 2.21. The molecule has 1 fully saturated rings. The number of nitrogens with two attached hydrogens (primary N) is 1.